The molecule has 1 aromatic rings. The number of halogens is 2. The second-order valence-electron chi connectivity index (χ2n) is 3.70. The van der Waals surface area contributed by atoms with Crippen LogP contribution < -0.4 is 4.74 Å². The maximum atomic E-state index is 10.8. The second kappa shape index (κ2) is 5.50. The minimum absolute atomic E-state index is 0.117. The third kappa shape index (κ3) is 3.35. The lowest BCUT2D eigenvalue weighted by atomic mass is 10.2. The minimum Gasteiger partial charge on any atom is -0.487 e. The first-order chi connectivity index (χ1) is 7.41. The molecular weight excluding hydrogens is 297 g/mol. The lowest BCUT2D eigenvalue weighted by Crippen LogP contribution is -2.06. The van der Waals surface area contributed by atoms with Gasteiger partial charge in [0.1, 0.15) is 0 Å². The molecule has 0 saturated carbocycles. The summed E-state index contributed by atoms with van der Waals surface area (Å²) in [7, 11) is 0. The normalized spacial score (nSPS) is 10.6. The van der Waals surface area contributed by atoms with Crippen LogP contribution in [0.5, 0.6) is 5.75 Å². The van der Waals surface area contributed by atoms with Crippen LogP contribution in [0.1, 0.15) is 13.8 Å². The Balaban J connectivity index is 3.05. The third-order valence-corrected chi connectivity index (χ3v) is 2.97. The van der Waals surface area contributed by atoms with Gasteiger partial charge in [-0.2, -0.15) is 0 Å². The Kier molecular flexibility index (Phi) is 4.56. The molecule has 0 aliphatic heterocycles. The van der Waals surface area contributed by atoms with E-state index in [1.165, 1.54) is 12.1 Å². The van der Waals surface area contributed by atoms with Crippen molar-refractivity contribution in [3.8, 4) is 5.75 Å². The number of ether oxygens (including phenoxy) is 1. The van der Waals surface area contributed by atoms with E-state index in [-0.39, 0.29) is 11.4 Å². The van der Waals surface area contributed by atoms with Crippen LogP contribution in [0.15, 0.2) is 16.6 Å². The molecule has 0 unspecified atom stereocenters. The molecule has 0 aromatic heterocycles. The minimum atomic E-state index is -0.506. The summed E-state index contributed by atoms with van der Waals surface area (Å²) in [4.78, 5) is 10.3. The van der Waals surface area contributed by atoms with Crippen molar-refractivity contribution in [1.29, 1.82) is 0 Å². The van der Waals surface area contributed by atoms with E-state index < -0.39 is 4.92 Å². The summed E-state index contributed by atoms with van der Waals surface area (Å²) in [6.07, 6.45) is 0. The maximum absolute atomic E-state index is 10.8. The van der Waals surface area contributed by atoms with Gasteiger partial charge in [-0.15, -0.1) is 0 Å². The van der Waals surface area contributed by atoms with Crippen LogP contribution in [-0.2, 0) is 0 Å². The molecule has 0 atom stereocenters. The molecule has 0 heterocycles. The van der Waals surface area contributed by atoms with Crippen molar-refractivity contribution >= 4 is 33.2 Å². The Morgan fingerprint density at radius 2 is 2.19 bits per heavy atom. The quantitative estimate of drug-likeness (QED) is 0.623. The number of hydrogen-bond acceptors (Lipinski definition) is 3. The van der Waals surface area contributed by atoms with E-state index >= 15 is 0 Å². The largest absolute Gasteiger partial charge is 0.487 e. The van der Waals surface area contributed by atoms with Crippen LogP contribution in [0.4, 0.5) is 5.69 Å². The van der Waals surface area contributed by atoms with Gasteiger partial charge in [0.2, 0.25) is 0 Å². The number of nitrogens with zero attached hydrogens (tertiary/aromatic N) is 1. The smallest absolute Gasteiger partial charge is 0.312 e. The molecule has 1 aromatic carbocycles. The maximum Gasteiger partial charge on any atom is 0.312 e. The molecule has 0 radical (unpaired) electrons. The van der Waals surface area contributed by atoms with Gasteiger partial charge in [-0.25, -0.2) is 0 Å². The van der Waals surface area contributed by atoms with Gasteiger partial charge in [0, 0.05) is 16.6 Å². The van der Waals surface area contributed by atoms with Crippen molar-refractivity contribution in [2.75, 3.05) is 6.61 Å². The van der Waals surface area contributed by atoms with Gasteiger partial charge in [-0.1, -0.05) is 25.4 Å². The highest BCUT2D eigenvalue weighted by atomic mass is 79.9. The molecule has 0 bridgehead atoms. The molecule has 0 aliphatic carbocycles. The molecule has 0 amide bonds. The lowest BCUT2D eigenvalue weighted by Gasteiger charge is -2.09. The summed E-state index contributed by atoms with van der Waals surface area (Å²) in [6.45, 7) is 4.36. The predicted molar refractivity (Wildman–Crippen MR) is 66.1 cm³/mol. The van der Waals surface area contributed by atoms with Gasteiger partial charge in [-0.05, 0) is 21.8 Å². The van der Waals surface area contributed by atoms with Gasteiger partial charge >= 0.3 is 5.69 Å². The van der Waals surface area contributed by atoms with E-state index in [2.05, 4.69) is 15.9 Å². The van der Waals surface area contributed by atoms with Gasteiger partial charge in [-0.3, -0.25) is 10.1 Å². The molecule has 0 aliphatic rings. The highest BCUT2D eigenvalue weighted by Crippen LogP contribution is 2.35. The molecule has 1 rings (SSSR count). The van der Waals surface area contributed by atoms with Crippen molar-refractivity contribution in [2.45, 2.75) is 13.8 Å². The lowest BCUT2D eigenvalue weighted by molar-refractivity contribution is -0.385. The molecule has 88 valence electrons. The average Bonchev–Trinajstić information content (AvgIpc) is 2.18. The van der Waals surface area contributed by atoms with Crippen LogP contribution >= 0.6 is 27.5 Å². The molecule has 0 saturated heterocycles. The zero-order valence-corrected chi connectivity index (χ0v) is 11.2. The van der Waals surface area contributed by atoms with Crippen molar-refractivity contribution in [3.05, 3.63) is 31.7 Å². The van der Waals surface area contributed by atoms with Crippen LogP contribution in [0.25, 0.3) is 0 Å². The van der Waals surface area contributed by atoms with E-state index in [1.54, 1.807) is 0 Å². The fourth-order valence-electron chi connectivity index (χ4n) is 1.03. The van der Waals surface area contributed by atoms with E-state index in [0.717, 1.165) is 0 Å². The summed E-state index contributed by atoms with van der Waals surface area (Å²) in [5.41, 5.74) is -0.117. The Hall–Kier alpha value is -0.810. The number of benzene rings is 1. The molecule has 0 spiro atoms. The van der Waals surface area contributed by atoms with Gasteiger partial charge in [0.05, 0.1) is 16.6 Å². The van der Waals surface area contributed by atoms with Crippen LogP contribution in [-0.4, -0.2) is 11.5 Å². The summed E-state index contributed by atoms with van der Waals surface area (Å²) in [6, 6.07) is 2.80. The Labute approximate surface area is 107 Å². The van der Waals surface area contributed by atoms with E-state index in [1.807, 2.05) is 13.8 Å². The van der Waals surface area contributed by atoms with Crippen molar-refractivity contribution < 1.29 is 9.66 Å². The van der Waals surface area contributed by atoms with Crippen LogP contribution in [0.2, 0.25) is 5.02 Å². The molecular formula is C10H11BrClNO3. The molecule has 16 heavy (non-hydrogen) atoms. The summed E-state index contributed by atoms with van der Waals surface area (Å²) in [5.74, 6) is 0.532. The molecule has 0 fully saturated rings. The van der Waals surface area contributed by atoms with Crippen molar-refractivity contribution in [2.24, 2.45) is 5.92 Å². The first kappa shape index (κ1) is 13.3. The number of hydrogen-bond donors (Lipinski definition) is 0. The summed E-state index contributed by atoms with van der Waals surface area (Å²) in [5, 5.41) is 11.1. The SMILES string of the molecule is CC(C)COc1cc(Br)c(Cl)cc1[N+](=O)[O-]. The first-order valence-electron chi connectivity index (χ1n) is 4.68. The van der Waals surface area contributed by atoms with Crippen LogP contribution in [0.3, 0.4) is 0 Å². The Morgan fingerprint density at radius 3 is 2.69 bits per heavy atom. The summed E-state index contributed by atoms with van der Waals surface area (Å²) < 4.78 is 5.95. The highest BCUT2D eigenvalue weighted by molar-refractivity contribution is 9.10. The molecule has 0 N–H and O–H groups in total. The van der Waals surface area contributed by atoms with Gasteiger partial charge in [0.25, 0.3) is 0 Å². The monoisotopic (exact) mass is 307 g/mol. The zero-order chi connectivity index (χ0) is 12.3. The third-order valence-electron chi connectivity index (χ3n) is 1.77. The van der Waals surface area contributed by atoms with Crippen molar-refractivity contribution in [1.82, 2.24) is 0 Å². The first-order valence-corrected chi connectivity index (χ1v) is 5.85. The average molecular weight is 309 g/mol. The van der Waals surface area contributed by atoms with E-state index in [9.17, 15) is 10.1 Å². The zero-order valence-electron chi connectivity index (χ0n) is 8.87. The van der Waals surface area contributed by atoms with Crippen molar-refractivity contribution in [3.63, 3.8) is 0 Å². The predicted octanol–water partition coefficient (Wildman–Crippen LogP) is 4.05. The number of nitro groups is 1. The summed E-state index contributed by atoms with van der Waals surface area (Å²) >= 11 is 8.99. The molecule has 4 nitrogen and oxygen atoms in total. The topological polar surface area (TPSA) is 52.4 Å². The standard InChI is InChI=1S/C10H11BrClNO3/c1-6(2)5-16-10-3-7(11)8(12)4-9(10)13(14)15/h3-4,6H,5H2,1-2H3. The van der Waals surface area contributed by atoms with E-state index in [4.69, 9.17) is 16.3 Å². The Bertz CT molecular complexity index is 409. The number of nitro benzene ring substituents is 1. The van der Waals surface area contributed by atoms with E-state index in [0.29, 0.717) is 22.0 Å². The van der Waals surface area contributed by atoms with Crippen LogP contribution in [0, 0.1) is 16.0 Å². The fraction of sp³-hybridized carbons (Fsp3) is 0.400. The fourth-order valence-corrected chi connectivity index (χ4v) is 1.51. The second-order valence-corrected chi connectivity index (χ2v) is 4.96. The highest BCUT2D eigenvalue weighted by Gasteiger charge is 2.18. The molecule has 6 heteroatoms. The number of rotatable bonds is 4. The van der Waals surface area contributed by atoms with Gasteiger partial charge < -0.3 is 4.74 Å². The van der Waals surface area contributed by atoms with Gasteiger partial charge in [0.15, 0.2) is 5.75 Å². The Morgan fingerprint density at radius 1 is 1.56 bits per heavy atom.